The van der Waals surface area contributed by atoms with E-state index in [1.54, 1.807) is 13.0 Å². The van der Waals surface area contributed by atoms with Crippen LogP contribution in [0.3, 0.4) is 0 Å². The molecule has 19 heavy (non-hydrogen) atoms. The normalized spacial score (nSPS) is 23.1. The zero-order valence-corrected chi connectivity index (χ0v) is 9.92. The number of rotatable bonds is 2. The van der Waals surface area contributed by atoms with Crippen LogP contribution in [0, 0.1) is 6.92 Å². The second-order valence-electron chi connectivity index (χ2n) is 4.18. The van der Waals surface area contributed by atoms with E-state index in [4.69, 9.17) is 0 Å². The number of aromatic nitrogens is 2. The summed E-state index contributed by atoms with van der Waals surface area (Å²) in [5, 5.41) is 16.8. The van der Waals surface area contributed by atoms with E-state index < -0.39 is 30.8 Å². The molecule has 0 bridgehead atoms. The van der Waals surface area contributed by atoms with E-state index in [1.165, 1.54) is 10.9 Å². The molecule has 0 aromatic carbocycles. The zero-order valence-electron chi connectivity index (χ0n) is 9.92. The number of amides is 1. The Labute approximate surface area is 106 Å². The molecule has 1 N–H and O–H groups in total. The third-order valence-electron chi connectivity index (χ3n) is 2.68. The van der Waals surface area contributed by atoms with E-state index in [2.05, 4.69) is 10.2 Å². The van der Waals surface area contributed by atoms with Crippen molar-refractivity contribution in [3.05, 3.63) is 18.0 Å². The first kappa shape index (κ1) is 13.5. The molecule has 0 saturated heterocycles. The van der Waals surface area contributed by atoms with Crippen molar-refractivity contribution in [3.63, 3.8) is 0 Å². The Morgan fingerprint density at radius 3 is 2.79 bits per heavy atom. The quantitative estimate of drug-likeness (QED) is 0.862. The number of aliphatic hydroxyl groups is 1. The number of hydrazone groups is 1. The Kier molecular flexibility index (Phi) is 3.09. The van der Waals surface area contributed by atoms with E-state index in [-0.39, 0.29) is 5.01 Å². The second kappa shape index (κ2) is 4.34. The van der Waals surface area contributed by atoms with Gasteiger partial charge in [-0.05, 0) is 13.0 Å². The predicted molar refractivity (Wildman–Crippen MR) is 57.9 cm³/mol. The average Bonchev–Trinajstić information content (AvgIpc) is 2.85. The lowest BCUT2D eigenvalue weighted by Gasteiger charge is -2.32. The fourth-order valence-corrected chi connectivity index (χ4v) is 1.70. The predicted octanol–water partition coefficient (Wildman–Crippen LogP) is 0.661. The summed E-state index contributed by atoms with van der Waals surface area (Å²) in [7, 11) is 0. The lowest BCUT2D eigenvalue weighted by Crippen LogP contribution is -2.57. The zero-order chi connectivity index (χ0) is 14.3. The van der Waals surface area contributed by atoms with Gasteiger partial charge in [0.1, 0.15) is 6.54 Å². The van der Waals surface area contributed by atoms with Crippen LogP contribution in [0.1, 0.15) is 12.1 Å². The second-order valence-corrected chi connectivity index (χ2v) is 4.18. The van der Waals surface area contributed by atoms with Crippen LogP contribution in [-0.4, -0.2) is 43.9 Å². The molecule has 1 aromatic heterocycles. The highest BCUT2D eigenvalue weighted by Crippen LogP contribution is 2.38. The highest BCUT2D eigenvalue weighted by Gasteiger charge is 2.61. The van der Waals surface area contributed by atoms with Crippen molar-refractivity contribution >= 4 is 12.1 Å². The maximum Gasteiger partial charge on any atom is 0.438 e. The SMILES string of the molecule is Cc1ccn(CC(=O)N2N=CCC2(O)C(F)(F)F)n1. The van der Waals surface area contributed by atoms with Crippen molar-refractivity contribution in [1.82, 2.24) is 14.8 Å². The van der Waals surface area contributed by atoms with E-state index >= 15 is 0 Å². The average molecular weight is 276 g/mol. The van der Waals surface area contributed by atoms with Crippen LogP contribution >= 0.6 is 0 Å². The number of carbonyl (C=O) groups is 1. The highest BCUT2D eigenvalue weighted by molar-refractivity contribution is 5.80. The summed E-state index contributed by atoms with van der Waals surface area (Å²) >= 11 is 0. The van der Waals surface area contributed by atoms with Gasteiger partial charge in [-0.1, -0.05) is 0 Å². The number of alkyl halides is 3. The fourth-order valence-electron chi connectivity index (χ4n) is 1.70. The van der Waals surface area contributed by atoms with E-state index in [1.807, 2.05) is 0 Å². The highest BCUT2D eigenvalue weighted by atomic mass is 19.4. The van der Waals surface area contributed by atoms with Gasteiger partial charge in [-0.25, -0.2) is 0 Å². The molecule has 104 valence electrons. The van der Waals surface area contributed by atoms with Gasteiger partial charge in [0.25, 0.3) is 11.6 Å². The molecular formula is C10H11F3N4O2. The van der Waals surface area contributed by atoms with Crippen LogP contribution in [0.4, 0.5) is 13.2 Å². The minimum Gasteiger partial charge on any atom is -0.362 e. The monoisotopic (exact) mass is 276 g/mol. The molecule has 1 amide bonds. The van der Waals surface area contributed by atoms with Gasteiger partial charge >= 0.3 is 6.18 Å². The first-order valence-corrected chi connectivity index (χ1v) is 5.39. The summed E-state index contributed by atoms with van der Waals surface area (Å²) in [6.45, 7) is 1.25. The van der Waals surface area contributed by atoms with Crippen LogP contribution in [0.5, 0.6) is 0 Å². The molecule has 0 aliphatic carbocycles. The van der Waals surface area contributed by atoms with E-state index in [9.17, 15) is 23.1 Å². The standard InChI is InChI=1S/C10H11F3N4O2/c1-7-2-5-16(15-7)6-8(18)17-9(19,3-4-14-17)10(11,12)13/h2,4-5,19H,3,6H2,1H3. The maximum absolute atomic E-state index is 12.8. The van der Waals surface area contributed by atoms with Crippen LogP contribution in [-0.2, 0) is 11.3 Å². The summed E-state index contributed by atoms with van der Waals surface area (Å²) in [4.78, 5) is 11.8. The lowest BCUT2D eigenvalue weighted by molar-refractivity contribution is -0.302. The molecule has 1 atom stereocenters. The molecule has 0 saturated carbocycles. The van der Waals surface area contributed by atoms with Crippen molar-refractivity contribution in [3.8, 4) is 0 Å². The van der Waals surface area contributed by atoms with Gasteiger partial charge in [-0.15, -0.1) is 0 Å². The molecule has 0 radical (unpaired) electrons. The maximum atomic E-state index is 12.8. The van der Waals surface area contributed by atoms with Crippen molar-refractivity contribution in [1.29, 1.82) is 0 Å². The number of aryl methyl sites for hydroxylation is 1. The summed E-state index contributed by atoms with van der Waals surface area (Å²) in [6.07, 6.45) is -3.43. The molecule has 9 heteroatoms. The molecule has 2 rings (SSSR count). The smallest absolute Gasteiger partial charge is 0.362 e. The van der Waals surface area contributed by atoms with Crippen LogP contribution in [0.2, 0.25) is 0 Å². The number of carbonyl (C=O) groups excluding carboxylic acids is 1. The number of halogens is 3. The van der Waals surface area contributed by atoms with Gasteiger partial charge < -0.3 is 5.11 Å². The van der Waals surface area contributed by atoms with Gasteiger partial charge in [-0.2, -0.15) is 28.4 Å². The summed E-state index contributed by atoms with van der Waals surface area (Å²) in [5.41, 5.74) is -2.64. The Morgan fingerprint density at radius 2 is 2.26 bits per heavy atom. The first-order chi connectivity index (χ1) is 8.74. The first-order valence-electron chi connectivity index (χ1n) is 5.39. The van der Waals surface area contributed by atoms with E-state index in [0.29, 0.717) is 5.69 Å². The molecule has 0 spiro atoms. The third-order valence-corrected chi connectivity index (χ3v) is 2.68. The van der Waals surface area contributed by atoms with Gasteiger partial charge in [0.05, 0.1) is 5.69 Å². The minimum absolute atomic E-state index is 0.0595. The molecule has 1 unspecified atom stereocenters. The summed E-state index contributed by atoms with van der Waals surface area (Å²) in [5.74, 6) is -0.989. The molecule has 1 aromatic rings. The third kappa shape index (κ3) is 2.33. The molecule has 2 heterocycles. The van der Waals surface area contributed by atoms with E-state index in [0.717, 1.165) is 6.21 Å². The van der Waals surface area contributed by atoms with Gasteiger partial charge in [0.15, 0.2) is 0 Å². The largest absolute Gasteiger partial charge is 0.438 e. The molecule has 1 aliphatic rings. The van der Waals surface area contributed by atoms with Gasteiger partial charge in [0.2, 0.25) is 0 Å². The fraction of sp³-hybridized carbons (Fsp3) is 0.500. The van der Waals surface area contributed by atoms with Crippen molar-refractivity contribution in [2.24, 2.45) is 5.10 Å². The molecule has 0 fully saturated rings. The molecular weight excluding hydrogens is 265 g/mol. The van der Waals surface area contributed by atoms with Crippen molar-refractivity contribution < 1.29 is 23.1 Å². The van der Waals surface area contributed by atoms with Gasteiger partial charge in [-0.3, -0.25) is 9.48 Å². The Morgan fingerprint density at radius 1 is 1.58 bits per heavy atom. The Bertz CT molecular complexity index is 525. The van der Waals surface area contributed by atoms with Gasteiger partial charge in [0, 0.05) is 18.8 Å². The Hall–Kier alpha value is -1.90. The topological polar surface area (TPSA) is 70.7 Å². The Balaban J connectivity index is 2.16. The molecule has 6 nitrogen and oxygen atoms in total. The minimum atomic E-state index is -4.97. The van der Waals surface area contributed by atoms with Crippen molar-refractivity contribution in [2.75, 3.05) is 0 Å². The number of hydrogen-bond acceptors (Lipinski definition) is 4. The lowest BCUT2D eigenvalue weighted by atomic mass is 10.1. The van der Waals surface area contributed by atoms with Crippen LogP contribution < -0.4 is 0 Å². The van der Waals surface area contributed by atoms with Crippen LogP contribution in [0.25, 0.3) is 0 Å². The molecule has 1 aliphatic heterocycles. The van der Waals surface area contributed by atoms with Crippen molar-refractivity contribution in [2.45, 2.75) is 31.8 Å². The number of nitrogens with zero attached hydrogens (tertiary/aromatic N) is 4. The summed E-state index contributed by atoms with van der Waals surface area (Å²) in [6, 6.07) is 1.61. The van der Waals surface area contributed by atoms with Crippen LogP contribution in [0.15, 0.2) is 17.4 Å². The number of hydrogen-bond donors (Lipinski definition) is 1. The summed E-state index contributed by atoms with van der Waals surface area (Å²) < 4.78 is 39.4.